The van der Waals surface area contributed by atoms with Crippen LogP contribution in [0.15, 0.2) is 59.5 Å². The lowest BCUT2D eigenvalue weighted by atomic mass is 9.98. The van der Waals surface area contributed by atoms with E-state index in [0.717, 1.165) is 13.1 Å². The first kappa shape index (κ1) is 22.3. The van der Waals surface area contributed by atoms with Crippen molar-refractivity contribution in [2.24, 2.45) is 0 Å². The quantitative estimate of drug-likeness (QED) is 0.731. The first-order valence-electron chi connectivity index (χ1n) is 10.4. The second-order valence-corrected chi connectivity index (χ2v) is 10.3. The molecule has 0 radical (unpaired) electrons. The van der Waals surface area contributed by atoms with Crippen molar-refractivity contribution in [3.8, 4) is 0 Å². The Labute approximate surface area is 179 Å². The summed E-state index contributed by atoms with van der Waals surface area (Å²) in [6, 6.07) is 15.1. The second kappa shape index (κ2) is 9.18. The average Bonchev–Trinajstić information content (AvgIpc) is 2.78. The molecule has 162 valence electrons. The number of anilines is 1. The molecule has 7 heteroatoms. The highest BCUT2D eigenvalue weighted by Gasteiger charge is 2.28. The van der Waals surface area contributed by atoms with Crippen LogP contribution in [-0.2, 0) is 10.0 Å². The Balaban J connectivity index is 1.72. The maximum absolute atomic E-state index is 13.0. The molecule has 0 spiro atoms. The standard InChI is InChI=1S/C23H31N3O3S/c1-23(2,26-15-8-5-9-16-26)18-24-22(27)19-11-10-14-21(17-19)30(28,29)25(3)20-12-6-4-7-13-20/h4,6-7,10-14,17H,5,8-9,15-16,18H2,1-3H3,(H,24,27). The van der Waals surface area contributed by atoms with Crippen LogP contribution in [0.1, 0.15) is 43.5 Å². The summed E-state index contributed by atoms with van der Waals surface area (Å²) in [6.45, 7) is 6.86. The molecule has 1 fully saturated rings. The molecule has 0 atom stereocenters. The predicted molar refractivity (Wildman–Crippen MR) is 120 cm³/mol. The van der Waals surface area contributed by atoms with E-state index in [9.17, 15) is 13.2 Å². The van der Waals surface area contributed by atoms with Gasteiger partial charge in [-0.3, -0.25) is 14.0 Å². The highest BCUT2D eigenvalue weighted by molar-refractivity contribution is 7.92. The largest absolute Gasteiger partial charge is 0.350 e. The minimum absolute atomic E-state index is 0.0943. The number of nitrogens with zero attached hydrogens (tertiary/aromatic N) is 2. The lowest BCUT2D eigenvalue weighted by Gasteiger charge is -2.41. The smallest absolute Gasteiger partial charge is 0.264 e. The summed E-state index contributed by atoms with van der Waals surface area (Å²) >= 11 is 0. The van der Waals surface area contributed by atoms with Crippen molar-refractivity contribution in [2.75, 3.05) is 31.0 Å². The summed E-state index contributed by atoms with van der Waals surface area (Å²) in [5.41, 5.74) is 0.760. The molecule has 6 nitrogen and oxygen atoms in total. The van der Waals surface area contributed by atoms with E-state index in [2.05, 4.69) is 24.1 Å². The van der Waals surface area contributed by atoms with Crippen molar-refractivity contribution in [2.45, 2.75) is 43.5 Å². The third-order valence-electron chi connectivity index (χ3n) is 5.77. The van der Waals surface area contributed by atoms with Crippen molar-refractivity contribution in [3.05, 3.63) is 60.2 Å². The van der Waals surface area contributed by atoms with Crippen LogP contribution in [0.3, 0.4) is 0 Å². The van der Waals surface area contributed by atoms with Crippen LogP contribution in [0, 0.1) is 0 Å². The van der Waals surface area contributed by atoms with Gasteiger partial charge in [0.05, 0.1) is 10.6 Å². The summed E-state index contributed by atoms with van der Waals surface area (Å²) in [5.74, 6) is -0.264. The van der Waals surface area contributed by atoms with E-state index >= 15 is 0 Å². The van der Waals surface area contributed by atoms with Gasteiger partial charge in [-0.2, -0.15) is 0 Å². The average molecular weight is 430 g/mol. The Morgan fingerprint density at radius 1 is 1.03 bits per heavy atom. The first-order valence-corrected chi connectivity index (χ1v) is 11.8. The van der Waals surface area contributed by atoms with E-state index in [1.165, 1.54) is 42.7 Å². The Morgan fingerprint density at radius 2 is 1.70 bits per heavy atom. The first-order chi connectivity index (χ1) is 14.2. The van der Waals surface area contributed by atoms with Crippen molar-refractivity contribution in [1.82, 2.24) is 10.2 Å². The third kappa shape index (κ3) is 5.02. The summed E-state index contributed by atoms with van der Waals surface area (Å²) in [6.07, 6.45) is 3.63. The summed E-state index contributed by atoms with van der Waals surface area (Å²) in [7, 11) is -2.25. The predicted octanol–water partition coefficient (Wildman–Crippen LogP) is 3.51. The maximum atomic E-state index is 13.0. The molecular weight excluding hydrogens is 398 g/mol. The Morgan fingerprint density at radius 3 is 2.37 bits per heavy atom. The number of hydrogen-bond acceptors (Lipinski definition) is 4. The lowest BCUT2D eigenvalue weighted by Crippen LogP contribution is -2.53. The van der Waals surface area contributed by atoms with Crippen LogP contribution >= 0.6 is 0 Å². The Kier molecular flexibility index (Phi) is 6.83. The molecule has 3 rings (SSSR count). The minimum atomic E-state index is -3.76. The summed E-state index contributed by atoms with van der Waals surface area (Å²) in [4.78, 5) is 15.3. The van der Waals surface area contributed by atoms with Gasteiger partial charge < -0.3 is 5.32 Å². The molecule has 0 aromatic heterocycles. The number of likely N-dealkylation sites (tertiary alicyclic amines) is 1. The maximum Gasteiger partial charge on any atom is 0.264 e. The number of sulfonamides is 1. The van der Waals surface area contributed by atoms with Crippen molar-refractivity contribution >= 4 is 21.6 Å². The van der Waals surface area contributed by atoms with Gasteiger partial charge in [-0.1, -0.05) is 30.7 Å². The monoisotopic (exact) mass is 429 g/mol. The van der Waals surface area contributed by atoms with Gasteiger partial charge in [0.1, 0.15) is 0 Å². The van der Waals surface area contributed by atoms with Gasteiger partial charge in [-0.15, -0.1) is 0 Å². The van der Waals surface area contributed by atoms with Gasteiger partial charge in [0.2, 0.25) is 0 Å². The lowest BCUT2D eigenvalue weighted by molar-refractivity contribution is 0.0797. The van der Waals surface area contributed by atoms with Crippen molar-refractivity contribution < 1.29 is 13.2 Å². The molecule has 0 saturated carbocycles. The number of hydrogen-bond donors (Lipinski definition) is 1. The number of para-hydroxylation sites is 1. The molecule has 0 bridgehead atoms. The molecular formula is C23H31N3O3S. The Bertz CT molecular complexity index is 968. The fourth-order valence-corrected chi connectivity index (χ4v) is 4.98. The highest BCUT2D eigenvalue weighted by Crippen LogP contribution is 2.23. The van der Waals surface area contributed by atoms with Gasteiger partial charge in [-0.05, 0) is 70.1 Å². The number of piperidine rings is 1. The van der Waals surface area contributed by atoms with Crippen LogP contribution in [0.4, 0.5) is 5.69 Å². The van der Waals surface area contributed by atoms with Gasteiger partial charge >= 0.3 is 0 Å². The SMILES string of the molecule is CN(c1ccccc1)S(=O)(=O)c1cccc(C(=O)NCC(C)(C)N2CCCCC2)c1. The normalized spacial score (nSPS) is 15.6. The molecule has 0 aliphatic carbocycles. The van der Waals surface area contributed by atoms with E-state index < -0.39 is 10.0 Å². The van der Waals surface area contributed by atoms with Crippen molar-refractivity contribution in [3.63, 3.8) is 0 Å². The zero-order valence-corrected chi connectivity index (χ0v) is 18.8. The van der Waals surface area contributed by atoms with E-state index in [0.29, 0.717) is 17.8 Å². The van der Waals surface area contributed by atoms with Crippen LogP contribution < -0.4 is 9.62 Å². The molecule has 1 heterocycles. The molecule has 0 unspecified atom stereocenters. The summed E-state index contributed by atoms with van der Waals surface area (Å²) in [5, 5.41) is 2.99. The van der Waals surface area contributed by atoms with Gasteiger partial charge in [0.25, 0.3) is 15.9 Å². The van der Waals surface area contributed by atoms with Crippen LogP contribution in [-0.4, -0.2) is 51.4 Å². The molecule has 1 N–H and O–H groups in total. The third-order valence-corrected chi connectivity index (χ3v) is 7.55. The number of benzene rings is 2. The van der Waals surface area contributed by atoms with Crippen LogP contribution in [0.5, 0.6) is 0 Å². The summed E-state index contributed by atoms with van der Waals surface area (Å²) < 4.78 is 27.3. The molecule has 2 aromatic carbocycles. The van der Waals surface area contributed by atoms with Gasteiger partial charge in [-0.25, -0.2) is 8.42 Å². The highest BCUT2D eigenvalue weighted by atomic mass is 32.2. The number of rotatable bonds is 7. The van der Waals surface area contributed by atoms with Crippen LogP contribution in [0.2, 0.25) is 0 Å². The molecule has 2 aromatic rings. The van der Waals surface area contributed by atoms with Crippen molar-refractivity contribution in [1.29, 1.82) is 0 Å². The fraction of sp³-hybridized carbons (Fsp3) is 0.435. The molecule has 1 aliphatic heterocycles. The number of amides is 1. The molecule has 30 heavy (non-hydrogen) atoms. The molecule has 1 aliphatic rings. The fourth-order valence-electron chi connectivity index (χ4n) is 3.74. The molecule has 1 amide bonds. The van der Waals surface area contributed by atoms with Crippen LogP contribution in [0.25, 0.3) is 0 Å². The Hall–Kier alpha value is -2.38. The zero-order chi connectivity index (χ0) is 21.8. The van der Waals surface area contributed by atoms with E-state index in [-0.39, 0.29) is 16.3 Å². The van der Waals surface area contributed by atoms with Gasteiger partial charge in [0.15, 0.2) is 0 Å². The van der Waals surface area contributed by atoms with E-state index in [4.69, 9.17) is 0 Å². The number of carbonyl (C=O) groups excluding carboxylic acids is 1. The zero-order valence-electron chi connectivity index (χ0n) is 18.0. The van der Waals surface area contributed by atoms with E-state index in [1.54, 1.807) is 36.4 Å². The second-order valence-electron chi connectivity index (χ2n) is 8.38. The number of nitrogens with one attached hydrogen (secondary N) is 1. The van der Waals surface area contributed by atoms with Gasteiger partial charge in [0, 0.05) is 24.7 Å². The number of carbonyl (C=O) groups is 1. The minimum Gasteiger partial charge on any atom is -0.350 e. The molecule has 1 saturated heterocycles. The topological polar surface area (TPSA) is 69.7 Å². The van der Waals surface area contributed by atoms with E-state index in [1.807, 2.05) is 6.07 Å².